The number of thioether (sulfide) groups is 1. The second-order valence-electron chi connectivity index (χ2n) is 6.00. The first-order valence-corrected chi connectivity index (χ1v) is 10.8. The van der Waals surface area contributed by atoms with E-state index in [4.69, 9.17) is 4.74 Å². The minimum atomic E-state index is -3.27. The second-order valence-corrected chi connectivity index (χ2v) is 9.04. The van der Waals surface area contributed by atoms with Gasteiger partial charge in [0.2, 0.25) is 10.0 Å². The van der Waals surface area contributed by atoms with Crippen molar-refractivity contribution in [2.24, 2.45) is 5.92 Å². The maximum absolute atomic E-state index is 12.3. The summed E-state index contributed by atoms with van der Waals surface area (Å²) in [5.74, 6) is -4.05. The predicted molar refractivity (Wildman–Crippen MR) is 97.0 cm³/mol. The third-order valence-electron chi connectivity index (χ3n) is 3.97. The van der Waals surface area contributed by atoms with Crippen LogP contribution in [0.25, 0.3) is 0 Å². The Hall–Kier alpha value is -1.72. The number of amides is 1. The van der Waals surface area contributed by atoms with Gasteiger partial charge in [-0.05, 0) is 37.1 Å². The van der Waals surface area contributed by atoms with E-state index >= 15 is 0 Å². The number of nitrogens with one attached hydrogen (secondary N) is 1. The molecule has 150 valence electrons. The second kappa shape index (κ2) is 9.47. The lowest BCUT2D eigenvalue weighted by atomic mass is 9.98. The standard InChI is InChI=1S/C16H20F2N2O5S2/c1-27(23,24)20-8-6-11(7-9-20)15(22)25-10-14(21)19-12-2-4-13(5-3-12)26-16(17)18/h2-5,11,16H,6-10H2,1H3,(H,19,21). The van der Waals surface area contributed by atoms with E-state index in [1.807, 2.05) is 0 Å². The number of anilines is 1. The summed E-state index contributed by atoms with van der Waals surface area (Å²) in [4.78, 5) is 24.2. The van der Waals surface area contributed by atoms with Crippen molar-refractivity contribution in [3.63, 3.8) is 0 Å². The molecule has 0 aromatic heterocycles. The van der Waals surface area contributed by atoms with Gasteiger partial charge in [-0.15, -0.1) is 0 Å². The van der Waals surface area contributed by atoms with Crippen molar-refractivity contribution >= 4 is 39.3 Å². The smallest absolute Gasteiger partial charge is 0.309 e. The van der Waals surface area contributed by atoms with Crippen molar-refractivity contribution in [3.8, 4) is 0 Å². The molecule has 1 amide bonds. The molecule has 0 atom stereocenters. The van der Waals surface area contributed by atoms with Crippen LogP contribution >= 0.6 is 11.8 Å². The van der Waals surface area contributed by atoms with Gasteiger partial charge < -0.3 is 10.1 Å². The number of carbonyl (C=O) groups excluding carboxylic acids is 2. The summed E-state index contributed by atoms with van der Waals surface area (Å²) in [6, 6.07) is 5.86. The Labute approximate surface area is 160 Å². The first kappa shape index (κ1) is 21.6. The Morgan fingerprint density at radius 2 is 1.85 bits per heavy atom. The minimum absolute atomic E-state index is 0.244. The van der Waals surface area contributed by atoms with Crippen LogP contribution in [0.3, 0.4) is 0 Å². The zero-order valence-electron chi connectivity index (χ0n) is 14.6. The molecule has 1 aromatic rings. The number of sulfonamides is 1. The van der Waals surface area contributed by atoms with Crippen LogP contribution in [-0.2, 0) is 24.3 Å². The molecule has 11 heteroatoms. The predicted octanol–water partition coefficient (Wildman–Crippen LogP) is 2.15. The monoisotopic (exact) mass is 422 g/mol. The van der Waals surface area contributed by atoms with Crippen LogP contribution in [0.1, 0.15) is 12.8 Å². The van der Waals surface area contributed by atoms with Gasteiger partial charge in [0.05, 0.1) is 12.2 Å². The molecule has 27 heavy (non-hydrogen) atoms. The highest BCUT2D eigenvalue weighted by molar-refractivity contribution is 7.99. The van der Waals surface area contributed by atoms with Crippen molar-refractivity contribution in [2.75, 3.05) is 31.3 Å². The highest BCUT2D eigenvalue weighted by atomic mass is 32.2. The van der Waals surface area contributed by atoms with E-state index in [9.17, 15) is 26.8 Å². The first-order valence-electron chi connectivity index (χ1n) is 8.11. The number of rotatable bonds is 7. The maximum Gasteiger partial charge on any atom is 0.309 e. The molecule has 1 heterocycles. The molecule has 1 aliphatic heterocycles. The lowest BCUT2D eigenvalue weighted by molar-refractivity contribution is -0.152. The van der Waals surface area contributed by atoms with Crippen LogP contribution in [0, 0.1) is 5.92 Å². The zero-order valence-corrected chi connectivity index (χ0v) is 16.2. The number of ether oxygens (including phenoxy) is 1. The van der Waals surface area contributed by atoms with Gasteiger partial charge in [-0.1, -0.05) is 11.8 Å². The topological polar surface area (TPSA) is 92.8 Å². The Morgan fingerprint density at radius 3 is 2.37 bits per heavy atom. The molecule has 2 rings (SSSR count). The SMILES string of the molecule is CS(=O)(=O)N1CCC(C(=O)OCC(=O)Nc2ccc(SC(F)F)cc2)CC1. The number of carbonyl (C=O) groups is 2. The van der Waals surface area contributed by atoms with Gasteiger partial charge in [0, 0.05) is 23.7 Å². The van der Waals surface area contributed by atoms with Crippen molar-refractivity contribution in [1.82, 2.24) is 4.31 Å². The average Bonchev–Trinajstić information content (AvgIpc) is 2.60. The normalized spacial score (nSPS) is 16.3. The minimum Gasteiger partial charge on any atom is -0.455 e. The van der Waals surface area contributed by atoms with E-state index in [-0.39, 0.29) is 13.1 Å². The number of esters is 1. The third-order valence-corrected chi connectivity index (χ3v) is 5.99. The molecule has 0 aliphatic carbocycles. The Balaban J connectivity index is 1.74. The highest BCUT2D eigenvalue weighted by Crippen LogP contribution is 2.26. The van der Waals surface area contributed by atoms with Crippen LogP contribution in [0.2, 0.25) is 0 Å². The van der Waals surface area contributed by atoms with Gasteiger partial charge in [0.1, 0.15) is 0 Å². The van der Waals surface area contributed by atoms with Crippen molar-refractivity contribution in [1.29, 1.82) is 0 Å². The summed E-state index contributed by atoms with van der Waals surface area (Å²) < 4.78 is 53.7. The molecule has 1 fully saturated rings. The summed E-state index contributed by atoms with van der Waals surface area (Å²) in [6.45, 7) is 0.0141. The molecule has 0 spiro atoms. The van der Waals surface area contributed by atoms with E-state index in [1.165, 1.54) is 28.6 Å². The van der Waals surface area contributed by atoms with E-state index in [1.54, 1.807) is 0 Å². The fourth-order valence-corrected chi connectivity index (χ4v) is 3.97. The summed E-state index contributed by atoms with van der Waals surface area (Å²) in [5, 5.41) is 2.51. The number of benzene rings is 1. The average molecular weight is 422 g/mol. The first-order chi connectivity index (χ1) is 12.6. The van der Waals surface area contributed by atoms with Crippen LogP contribution in [0.5, 0.6) is 0 Å². The van der Waals surface area contributed by atoms with Crippen molar-refractivity contribution in [2.45, 2.75) is 23.5 Å². The zero-order chi connectivity index (χ0) is 20.0. The number of hydrogen-bond acceptors (Lipinski definition) is 6. The lowest BCUT2D eigenvalue weighted by Gasteiger charge is -2.28. The number of halogens is 2. The third kappa shape index (κ3) is 7.07. The number of piperidine rings is 1. The number of hydrogen-bond donors (Lipinski definition) is 1. The highest BCUT2D eigenvalue weighted by Gasteiger charge is 2.30. The summed E-state index contributed by atoms with van der Waals surface area (Å²) in [6.07, 6.45) is 1.81. The molecule has 1 saturated heterocycles. The van der Waals surface area contributed by atoms with Gasteiger partial charge in [0.15, 0.2) is 6.61 Å². The molecule has 0 saturated carbocycles. The van der Waals surface area contributed by atoms with Crippen LogP contribution in [-0.4, -0.2) is 56.3 Å². The molecule has 1 N–H and O–H groups in total. The fourth-order valence-electron chi connectivity index (χ4n) is 2.59. The molecule has 0 radical (unpaired) electrons. The van der Waals surface area contributed by atoms with Gasteiger partial charge in [-0.3, -0.25) is 9.59 Å². The summed E-state index contributed by atoms with van der Waals surface area (Å²) in [7, 11) is -3.27. The summed E-state index contributed by atoms with van der Waals surface area (Å²) >= 11 is 0.401. The number of nitrogens with zero attached hydrogens (tertiary/aromatic N) is 1. The molecule has 1 aliphatic rings. The molecule has 0 bridgehead atoms. The summed E-state index contributed by atoms with van der Waals surface area (Å²) in [5.41, 5.74) is 0.399. The van der Waals surface area contributed by atoms with Gasteiger partial charge in [0.25, 0.3) is 11.7 Å². The molecule has 7 nitrogen and oxygen atoms in total. The van der Waals surface area contributed by atoms with E-state index < -0.39 is 40.2 Å². The largest absolute Gasteiger partial charge is 0.455 e. The van der Waals surface area contributed by atoms with Gasteiger partial charge in [-0.25, -0.2) is 12.7 Å². The van der Waals surface area contributed by atoms with Crippen LogP contribution in [0.15, 0.2) is 29.2 Å². The van der Waals surface area contributed by atoms with Crippen LogP contribution in [0.4, 0.5) is 14.5 Å². The molecular formula is C16H20F2N2O5S2. The van der Waals surface area contributed by atoms with Gasteiger partial charge >= 0.3 is 5.97 Å². The lowest BCUT2D eigenvalue weighted by Crippen LogP contribution is -2.40. The van der Waals surface area contributed by atoms with Crippen LogP contribution < -0.4 is 5.32 Å². The Kier molecular flexibility index (Phi) is 7.57. The van der Waals surface area contributed by atoms with Crippen molar-refractivity contribution < 1.29 is 31.5 Å². The van der Waals surface area contributed by atoms with E-state index in [0.717, 1.165) is 6.26 Å². The van der Waals surface area contributed by atoms with Crippen molar-refractivity contribution in [3.05, 3.63) is 24.3 Å². The van der Waals surface area contributed by atoms with E-state index in [0.29, 0.717) is 35.2 Å². The Morgan fingerprint density at radius 1 is 1.26 bits per heavy atom. The number of alkyl halides is 2. The molecule has 1 aromatic carbocycles. The van der Waals surface area contributed by atoms with E-state index in [2.05, 4.69) is 5.32 Å². The molecule has 0 unspecified atom stereocenters. The quantitative estimate of drug-likeness (QED) is 0.535. The maximum atomic E-state index is 12.3. The Bertz CT molecular complexity index is 764. The fraction of sp³-hybridized carbons (Fsp3) is 0.500. The van der Waals surface area contributed by atoms with Gasteiger partial charge in [-0.2, -0.15) is 8.78 Å². The molecular weight excluding hydrogens is 402 g/mol.